The minimum Gasteiger partial charge on any atom is -0.512 e. The molecule has 9 unspecified atom stereocenters. The molecule has 4 aliphatic rings. The van der Waals surface area contributed by atoms with Crippen molar-refractivity contribution in [2.45, 2.75) is 112 Å². The van der Waals surface area contributed by atoms with Crippen molar-refractivity contribution in [1.82, 2.24) is 0 Å². The van der Waals surface area contributed by atoms with Gasteiger partial charge in [0.1, 0.15) is 12.4 Å². The summed E-state index contributed by atoms with van der Waals surface area (Å²) in [6.07, 6.45) is 22.1. The van der Waals surface area contributed by atoms with Crippen molar-refractivity contribution in [1.29, 1.82) is 0 Å². The highest BCUT2D eigenvalue weighted by molar-refractivity contribution is 5.83. The molecule has 0 saturated heterocycles. The third kappa shape index (κ3) is 6.63. The molecule has 4 rings (SSSR count). The van der Waals surface area contributed by atoms with Crippen molar-refractivity contribution in [3.8, 4) is 0 Å². The quantitative estimate of drug-likeness (QED) is 0.0871. The van der Waals surface area contributed by atoms with Crippen LogP contribution in [0.2, 0.25) is 0 Å². The fourth-order valence-corrected chi connectivity index (χ4v) is 9.62. The minimum absolute atomic E-state index is 0.0696. The van der Waals surface area contributed by atoms with Gasteiger partial charge in [0.15, 0.2) is 5.76 Å². The maximum atomic E-state index is 12.7. The van der Waals surface area contributed by atoms with Gasteiger partial charge in [0.2, 0.25) is 0 Å². The van der Waals surface area contributed by atoms with Crippen molar-refractivity contribution in [3.63, 3.8) is 0 Å². The number of carbonyl (C=O) groups excluding carboxylic acids is 1. The van der Waals surface area contributed by atoms with E-state index in [1.165, 1.54) is 63.7 Å². The van der Waals surface area contributed by atoms with Crippen LogP contribution in [0.4, 0.5) is 0 Å². The fourth-order valence-electron chi connectivity index (χ4n) is 9.62. The number of esters is 1. The van der Waals surface area contributed by atoms with Gasteiger partial charge in [-0.15, -0.1) is 0 Å². The zero-order valence-corrected chi connectivity index (χ0v) is 27.5. The summed E-state index contributed by atoms with van der Waals surface area (Å²) in [5, 5.41) is 9.21. The SMILES string of the molecule is C=CC(/C=C/C(=O)OC1CCC2(C)C(=CCC3C2CCC2(C)C(C(C)CCC(C)C(C)C)CCC32)C1)=C\C(=C\O)OC. The van der Waals surface area contributed by atoms with E-state index in [9.17, 15) is 9.90 Å². The van der Waals surface area contributed by atoms with E-state index >= 15 is 0 Å². The van der Waals surface area contributed by atoms with Gasteiger partial charge < -0.3 is 14.6 Å². The number of carbonyl (C=O) groups is 1. The first-order valence-corrected chi connectivity index (χ1v) is 16.8. The monoisotopic (exact) mass is 578 g/mol. The van der Waals surface area contributed by atoms with Crippen LogP contribution in [0.1, 0.15) is 106 Å². The second kappa shape index (κ2) is 13.6. The summed E-state index contributed by atoms with van der Waals surface area (Å²) >= 11 is 0. The molecule has 1 N–H and O–H groups in total. The van der Waals surface area contributed by atoms with Crippen molar-refractivity contribution < 1.29 is 19.4 Å². The highest BCUT2D eigenvalue weighted by Crippen LogP contribution is 2.67. The van der Waals surface area contributed by atoms with Gasteiger partial charge in [0.25, 0.3) is 0 Å². The van der Waals surface area contributed by atoms with E-state index in [0.717, 1.165) is 66.9 Å². The molecular formula is C38H58O4. The Morgan fingerprint density at radius 2 is 1.83 bits per heavy atom. The Bertz CT molecular complexity index is 1090. The Labute approximate surface area is 256 Å². The number of allylic oxidation sites excluding steroid dienone is 5. The molecule has 0 aromatic carbocycles. The standard InChI is InChI=1S/C38H58O4/c1-9-28(22-31(24-39)41-8)12-17-36(40)42-30-18-20-37(6)29(23-30)13-14-32-34-16-15-33(38(34,7)21-19-35(32)37)27(5)11-10-26(4)25(2)3/h9,12-13,17,22,24-27,30,32-35,39H,1,10-11,14-16,18-21,23H2,2-8H3/b17-12+,28-22+,31-24-. The molecule has 4 nitrogen and oxygen atoms in total. The smallest absolute Gasteiger partial charge is 0.331 e. The Morgan fingerprint density at radius 1 is 1.07 bits per heavy atom. The van der Waals surface area contributed by atoms with Crippen LogP contribution in [0, 0.1) is 52.3 Å². The van der Waals surface area contributed by atoms with Crippen LogP contribution in [-0.2, 0) is 14.3 Å². The van der Waals surface area contributed by atoms with Crippen LogP contribution < -0.4 is 0 Å². The molecule has 0 bridgehead atoms. The predicted molar refractivity (Wildman–Crippen MR) is 173 cm³/mol. The van der Waals surface area contributed by atoms with Crippen LogP contribution in [0.15, 0.2) is 60.1 Å². The van der Waals surface area contributed by atoms with Gasteiger partial charge in [-0.2, -0.15) is 0 Å². The molecule has 234 valence electrons. The van der Waals surface area contributed by atoms with Gasteiger partial charge in [-0.05, 0) is 115 Å². The lowest BCUT2D eigenvalue weighted by Gasteiger charge is -2.58. The normalized spacial score (nSPS) is 36.5. The number of aliphatic hydroxyl groups is 1. The van der Waals surface area contributed by atoms with E-state index in [1.807, 2.05) is 0 Å². The first-order valence-electron chi connectivity index (χ1n) is 16.8. The topological polar surface area (TPSA) is 55.8 Å². The number of aliphatic hydroxyl groups excluding tert-OH is 1. The Balaban J connectivity index is 1.39. The lowest BCUT2D eigenvalue weighted by molar-refractivity contribution is -0.145. The van der Waals surface area contributed by atoms with E-state index in [1.54, 1.807) is 18.2 Å². The number of hydrogen-bond acceptors (Lipinski definition) is 4. The summed E-state index contributed by atoms with van der Waals surface area (Å²) in [5.74, 6) is 5.69. The summed E-state index contributed by atoms with van der Waals surface area (Å²) in [6.45, 7) is 18.7. The third-order valence-corrected chi connectivity index (χ3v) is 12.6. The zero-order chi connectivity index (χ0) is 30.7. The van der Waals surface area contributed by atoms with Crippen LogP contribution in [0.25, 0.3) is 0 Å². The minimum atomic E-state index is -0.333. The van der Waals surface area contributed by atoms with Gasteiger partial charge in [0, 0.05) is 12.5 Å². The molecule has 0 aromatic heterocycles. The Kier molecular flexibility index (Phi) is 10.6. The molecule has 0 heterocycles. The summed E-state index contributed by atoms with van der Waals surface area (Å²) in [4.78, 5) is 12.7. The third-order valence-electron chi connectivity index (χ3n) is 12.6. The molecule has 0 aliphatic heterocycles. The van der Waals surface area contributed by atoms with Gasteiger partial charge in [-0.1, -0.05) is 78.7 Å². The van der Waals surface area contributed by atoms with Crippen molar-refractivity contribution in [3.05, 3.63) is 60.1 Å². The molecule has 3 saturated carbocycles. The van der Waals surface area contributed by atoms with Crippen molar-refractivity contribution in [2.75, 3.05) is 7.11 Å². The summed E-state index contributed by atoms with van der Waals surface area (Å²) < 4.78 is 11.0. The fraction of sp³-hybridized carbons (Fsp3) is 0.711. The molecule has 3 fully saturated rings. The summed E-state index contributed by atoms with van der Waals surface area (Å²) in [7, 11) is 1.48. The first kappa shape index (κ1) is 32.7. The average molecular weight is 579 g/mol. The molecule has 9 atom stereocenters. The number of ether oxygens (including phenoxy) is 2. The number of fused-ring (bicyclic) bond motifs is 5. The van der Waals surface area contributed by atoms with E-state index in [4.69, 9.17) is 9.47 Å². The number of methoxy groups -OCH3 is 1. The predicted octanol–water partition coefficient (Wildman–Crippen LogP) is 9.90. The average Bonchev–Trinajstić information content (AvgIpc) is 3.33. The molecule has 4 heteroatoms. The van der Waals surface area contributed by atoms with Gasteiger partial charge in [0.05, 0.1) is 7.11 Å². The van der Waals surface area contributed by atoms with E-state index < -0.39 is 0 Å². The van der Waals surface area contributed by atoms with Gasteiger partial charge >= 0.3 is 5.97 Å². The van der Waals surface area contributed by atoms with Gasteiger partial charge in [-0.3, -0.25) is 0 Å². The van der Waals surface area contributed by atoms with Crippen LogP contribution in [0.5, 0.6) is 0 Å². The van der Waals surface area contributed by atoms with E-state index in [0.29, 0.717) is 16.7 Å². The van der Waals surface area contributed by atoms with E-state index in [-0.39, 0.29) is 17.5 Å². The molecular weight excluding hydrogens is 520 g/mol. The Morgan fingerprint density at radius 3 is 2.50 bits per heavy atom. The molecule has 42 heavy (non-hydrogen) atoms. The van der Waals surface area contributed by atoms with Crippen molar-refractivity contribution in [2.24, 2.45) is 52.3 Å². The molecule has 0 spiro atoms. The highest BCUT2D eigenvalue weighted by atomic mass is 16.5. The maximum Gasteiger partial charge on any atom is 0.331 e. The summed E-state index contributed by atoms with van der Waals surface area (Å²) in [6, 6.07) is 0. The van der Waals surface area contributed by atoms with Crippen molar-refractivity contribution >= 4 is 5.97 Å². The highest BCUT2D eigenvalue weighted by Gasteiger charge is 2.59. The lowest BCUT2D eigenvalue weighted by atomic mass is 9.47. The number of rotatable bonds is 11. The summed E-state index contributed by atoms with van der Waals surface area (Å²) in [5.41, 5.74) is 2.93. The van der Waals surface area contributed by atoms with E-state index in [2.05, 4.69) is 54.2 Å². The molecule has 0 aromatic rings. The Hall–Kier alpha value is -2.23. The van der Waals surface area contributed by atoms with Crippen LogP contribution in [0.3, 0.4) is 0 Å². The molecule has 0 radical (unpaired) electrons. The zero-order valence-electron chi connectivity index (χ0n) is 27.5. The first-order chi connectivity index (χ1) is 20.0. The molecule has 0 amide bonds. The van der Waals surface area contributed by atoms with Crippen LogP contribution >= 0.6 is 0 Å². The second-order valence-electron chi connectivity index (χ2n) is 15.0. The number of hydrogen-bond donors (Lipinski definition) is 1. The largest absolute Gasteiger partial charge is 0.512 e. The molecule has 4 aliphatic carbocycles. The van der Waals surface area contributed by atoms with Crippen LogP contribution in [-0.4, -0.2) is 24.3 Å². The maximum absolute atomic E-state index is 12.7. The second-order valence-corrected chi connectivity index (χ2v) is 15.0. The lowest BCUT2D eigenvalue weighted by Crippen LogP contribution is -2.51. The van der Waals surface area contributed by atoms with Gasteiger partial charge in [-0.25, -0.2) is 4.79 Å².